The number of benzene rings is 2. The molecule has 0 saturated carbocycles. The Morgan fingerprint density at radius 3 is 2.47 bits per heavy atom. The molecule has 0 atom stereocenters. The van der Waals surface area contributed by atoms with E-state index >= 15 is 0 Å². The molecule has 8 nitrogen and oxygen atoms in total. The van der Waals surface area contributed by atoms with Gasteiger partial charge in [-0.2, -0.15) is 4.31 Å². The fraction of sp³-hybridized carbons (Fsp3) is 0.300. The first-order valence-corrected chi connectivity index (χ1v) is 11.2. The fourth-order valence-corrected chi connectivity index (χ4v) is 4.47. The molecule has 160 valence electrons. The fourth-order valence-electron chi connectivity index (χ4n) is 2.89. The molecule has 1 aliphatic rings. The molecule has 0 bridgehead atoms. The van der Waals surface area contributed by atoms with Crippen LogP contribution in [-0.4, -0.2) is 57.4 Å². The van der Waals surface area contributed by atoms with Crippen LogP contribution in [0.2, 0.25) is 5.02 Å². The van der Waals surface area contributed by atoms with Gasteiger partial charge < -0.3 is 15.4 Å². The SMILES string of the molecule is O=C(CCNC(=O)c1ccc(Cl)cc1)Nc1cccc(S(=O)(=O)N2CCOCC2)c1. The third kappa shape index (κ3) is 5.79. The van der Waals surface area contributed by atoms with Crippen LogP contribution in [0.5, 0.6) is 0 Å². The average Bonchev–Trinajstić information content (AvgIpc) is 2.75. The van der Waals surface area contributed by atoms with E-state index in [2.05, 4.69) is 10.6 Å². The van der Waals surface area contributed by atoms with E-state index < -0.39 is 10.0 Å². The number of nitrogens with one attached hydrogen (secondary N) is 2. The Morgan fingerprint density at radius 1 is 1.07 bits per heavy atom. The van der Waals surface area contributed by atoms with Crippen molar-refractivity contribution in [3.05, 3.63) is 59.1 Å². The first-order chi connectivity index (χ1) is 14.4. The normalized spacial score (nSPS) is 14.8. The minimum Gasteiger partial charge on any atom is -0.379 e. The zero-order valence-electron chi connectivity index (χ0n) is 16.1. The first kappa shape index (κ1) is 22.2. The zero-order valence-corrected chi connectivity index (χ0v) is 17.7. The highest BCUT2D eigenvalue weighted by Crippen LogP contribution is 2.20. The molecule has 0 unspecified atom stereocenters. The lowest BCUT2D eigenvalue weighted by atomic mass is 10.2. The number of hydrogen-bond donors (Lipinski definition) is 2. The molecule has 0 radical (unpaired) electrons. The summed E-state index contributed by atoms with van der Waals surface area (Å²) in [6.07, 6.45) is 0.0414. The van der Waals surface area contributed by atoms with Crippen molar-refractivity contribution in [1.29, 1.82) is 0 Å². The van der Waals surface area contributed by atoms with Crippen molar-refractivity contribution in [2.45, 2.75) is 11.3 Å². The largest absolute Gasteiger partial charge is 0.379 e. The lowest BCUT2D eigenvalue weighted by Gasteiger charge is -2.26. The van der Waals surface area contributed by atoms with Crippen LogP contribution in [0, 0.1) is 0 Å². The monoisotopic (exact) mass is 451 g/mol. The van der Waals surface area contributed by atoms with Gasteiger partial charge in [0.05, 0.1) is 18.1 Å². The van der Waals surface area contributed by atoms with E-state index in [1.807, 2.05) is 0 Å². The predicted octanol–water partition coefficient (Wildman–Crippen LogP) is 2.12. The predicted molar refractivity (Wildman–Crippen MR) is 113 cm³/mol. The van der Waals surface area contributed by atoms with Crippen LogP contribution in [-0.2, 0) is 19.6 Å². The summed E-state index contributed by atoms with van der Waals surface area (Å²) in [6.45, 7) is 1.45. The number of halogens is 1. The molecule has 0 aliphatic carbocycles. The summed E-state index contributed by atoms with van der Waals surface area (Å²) in [4.78, 5) is 24.3. The highest BCUT2D eigenvalue weighted by atomic mass is 35.5. The maximum atomic E-state index is 12.7. The minimum absolute atomic E-state index is 0.0414. The van der Waals surface area contributed by atoms with Gasteiger partial charge in [0.2, 0.25) is 15.9 Å². The second-order valence-electron chi connectivity index (χ2n) is 6.61. The summed E-state index contributed by atoms with van der Waals surface area (Å²) in [6, 6.07) is 12.5. The van der Waals surface area contributed by atoms with Crippen molar-refractivity contribution in [3.8, 4) is 0 Å². The molecule has 1 aliphatic heterocycles. The highest BCUT2D eigenvalue weighted by molar-refractivity contribution is 7.89. The number of morpholine rings is 1. The molecule has 3 rings (SSSR count). The molecule has 2 aromatic rings. The molecule has 30 heavy (non-hydrogen) atoms. The van der Waals surface area contributed by atoms with E-state index in [-0.39, 0.29) is 29.7 Å². The van der Waals surface area contributed by atoms with Crippen molar-refractivity contribution in [2.24, 2.45) is 0 Å². The van der Waals surface area contributed by atoms with Gasteiger partial charge in [0.25, 0.3) is 5.91 Å². The van der Waals surface area contributed by atoms with Gasteiger partial charge in [-0.05, 0) is 42.5 Å². The number of amides is 2. The van der Waals surface area contributed by atoms with Crippen LogP contribution in [0.25, 0.3) is 0 Å². The van der Waals surface area contributed by atoms with Crippen molar-refractivity contribution in [3.63, 3.8) is 0 Å². The summed E-state index contributed by atoms with van der Waals surface area (Å²) in [5.41, 5.74) is 0.819. The molecule has 1 saturated heterocycles. The van der Waals surface area contributed by atoms with E-state index in [0.717, 1.165) is 0 Å². The Kier molecular flexibility index (Phi) is 7.43. The van der Waals surface area contributed by atoms with Crippen LogP contribution in [0.15, 0.2) is 53.4 Å². The number of carbonyl (C=O) groups is 2. The van der Waals surface area contributed by atoms with Crippen molar-refractivity contribution in [1.82, 2.24) is 9.62 Å². The minimum atomic E-state index is -3.65. The van der Waals surface area contributed by atoms with Crippen LogP contribution in [0.1, 0.15) is 16.8 Å². The molecule has 10 heteroatoms. The van der Waals surface area contributed by atoms with Gasteiger partial charge in [-0.15, -0.1) is 0 Å². The summed E-state index contributed by atoms with van der Waals surface area (Å²) < 4.78 is 32.0. The van der Waals surface area contributed by atoms with E-state index in [1.54, 1.807) is 36.4 Å². The van der Waals surface area contributed by atoms with Crippen LogP contribution in [0.4, 0.5) is 5.69 Å². The Morgan fingerprint density at radius 2 is 1.77 bits per heavy atom. The van der Waals surface area contributed by atoms with Crippen molar-refractivity contribution < 1.29 is 22.7 Å². The molecular weight excluding hydrogens is 430 g/mol. The van der Waals surface area contributed by atoms with E-state index in [4.69, 9.17) is 16.3 Å². The van der Waals surface area contributed by atoms with Crippen LogP contribution in [0.3, 0.4) is 0 Å². The standard InChI is InChI=1S/C20H22ClN3O5S/c21-16-6-4-15(5-7-16)20(26)22-9-8-19(25)23-17-2-1-3-18(14-17)30(27,28)24-10-12-29-13-11-24/h1-7,14H,8-13H2,(H,22,26)(H,23,25). The van der Waals surface area contributed by atoms with Gasteiger partial charge in [-0.1, -0.05) is 17.7 Å². The average molecular weight is 452 g/mol. The van der Waals surface area contributed by atoms with Gasteiger partial charge in [0, 0.05) is 42.3 Å². The van der Waals surface area contributed by atoms with Crippen molar-refractivity contribution in [2.75, 3.05) is 38.2 Å². The third-order valence-electron chi connectivity index (χ3n) is 4.47. The zero-order chi connectivity index (χ0) is 21.6. The number of hydrogen-bond acceptors (Lipinski definition) is 5. The Bertz CT molecular complexity index is 1010. The highest BCUT2D eigenvalue weighted by Gasteiger charge is 2.26. The molecule has 2 N–H and O–H groups in total. The molecule has 2 aromatic carbocycles. The maximum absolute atomic E-state index is 12.7. The lowest BCUT2D eigenvalue weighted by Crippen LogP contribution is -2.40. The quantitative estimate of drug-likeness (QED) is 0.670. The molecular formula is C20H22ClN3O5S. The van der Waals surface area contributed by atoms with Gasteiger partial charge in [0.15, 0.2) is 0 Å². The van der Waals surface area contributed by atoms with E-state index in [9.17, 15) is 18.0 Å². The summed E-state index contributed by atoms with van der Waals surface area (Å²) in [5, 5.41) is 5.85. The Hall–Kier alpha value is -2.46. The van der Waals surface area contributed by atoms with Gasteiger partial charge >= 0.3 is 0 Å². The van der Waals surface area contributed by atoms with Gasteiger partial charge in [0.1, 0.15) is 0 Å². The molecule has 2 amide bonds. The smallest absolute Gasteiger partial charge is 0.251 e. The summed E-state index contributed by atoms with van der Waals surface area (Å²) >= 11 is 5.79. The number of anilines is 1. The van der Waals surface area contributed by atoms with Crippen LogP contribution >= 0.6 is 11.6 Å². The number of nitrogens with zero attached hydrogens (tertiary/aromatic N) is 1. The van der Waals surface area contributed by atoms with Gasteiger partial charge in [-0.25, -0.2) is 8.42 Å². The Labute approximate surface area is 180 Å². The molecule has 0 spiro atoms. The van der Waals surface area contributed by atoms with Crippen molar-refractivity contribution >= 4 is 39.1 Å². The van der Waals surface area contributed by atoms with E-state index in [1.165, 1.54) is 16.4 Å². The number of carbonyl (C=O) groups excluding carboxylic acids is 2. The molecule has 1 fully saturated rings. The number of sulfonamides is 1. The van der Waals surface area contributed by atoms with Gasteiger partial charge in [-0.3, -0.25) is 9.59 Å². The van der Waals surface area contributed by atoms with Crippen LogP contribution < -0.4 is 10.6 Å². The summed E-state index contributed by atoms with van der Waals surface area (Å²) in [7, 11) is -3.65. The first-order valence-electron chi connectivity index (χ1n) is 9.38. The number of rotatable bonds is 7. The Balaban J connectivity index is 1.53. The second kappa shape index (κ2) is 10.0. The van der Waals surface area contributed by atoms with E-state index in [0.29, 0.717) is 42.6 Å². The summed E-state index contributed by atoms with van der Waals surface area (Å²) in [5.74, 6) is -0.648. The maximum Gasteiger partial charge on any atom is 0.251 e. The topological polar surface area (TPSA) is 105 Å². The third-order valence-corrected chi connectivity index (χ3v) is 6.62. The molecule has 1 heterocycles. The second-order valence-corrected chi connectivity index (χ2v) is 8.98. The lowest BCUT2D eigenvalue weighted by molar-refractivity contribution is -0.116. The number of ether oxygens (including phenoxy) is 1. The molecule has 0 aromatic heterocycles.